The van der Waals surface area contributed by atoms with Crippen LogP contribution in [0.3, 0.4) is 0 Å². The second-order valence-corrected chi connectivity index (χ2v) is 11.2. The molecule has 0 aliphatic carbocycles. The number of hydrogen-bond acceptors (Lipinski definition) is 11. The van der Waals surface area contributed by atoms with E-state index in [9.17, 15) is 9.59 Å². The predicted molar refractivity (Wildman–Crippen MR) is 155 cm³/mol. The molecule has 4 aromatic rings. The number of carbonyl (C=O) groups excluding carboxylic acids is 2. The first-order valence-corrected chi connectivity index (χ1v) is 13.9. The number of esters is 2. The number of aromatic nitrogens is 2. The lowest BCUT2D eigenvalue weighted by Gasteiger charge is -2.08. The first-order chi connectivity index (χ1) is 18.7. The van der Waals surface area contributed by atoms with Crippen LogP contribution in [0.5, 0.6) is 11.5 Å². The molecule has 0 bridgehead atoms. The Morgan fingerprint density at radius 2 is 1.36 bits per heavy atom. The van der Waals surface area contributed by atoms with Crippen LogP contribution in [0.2, 0.25) is 0 Å². The molecule has 0 aliphatic rings. The lowest BCUT2D eigenvalue weighted by atomic mass is 10.1. The van der Waals surface area contributed by atoms with Crippen molar-refractivity contribution in [3.8, 4) is 11.5 Å². The summed E-state index contributed by atoms with van der Waals surface area (Å²) in [6.07, 6.45) is 0. The summed E-state index contributed by atoms with van der Waals surface area (Å²) in [7, 11) is 3.17. The molecule has 2 aromatic heterocycles. The average Bonchev–Trinajstić information content (AvgIpc) is 3.54. The molecule has 0 saturated carbocycles. The first-order valence-electron chi connectivity index (χ1n) is 12.3. The number of thiazole rings is 2. The molecule has 204 valence electrons. The average molecular weight is 567 g/mol. The number of benzene rings is 2. The third-order valence-electron chi connectivity index (χ3n) is 5.60. The molecule has 0 fully saturated rings. The lowest BCUT2D eigenvalue weighted by molar-refractivity contribution is 0.0388. The highest BCUT2D eigenvalue weighted by Gasteiger charge is 2.28. The van der Waals surface area contributed by atoms with E-state index in [0.717, 1.165) is 5.69 Å². The lowest BCUT2D eigenvalue weighted by Crippen LogP contribution is -2.16. The van der Waals surface area contributed by atoms with Gasteiger partial charge in [-0.25, -0.2) is 19.6 Å². The van der Waals surface area contributed by atoms with E-state index in [1.54, 1.807) is 14.2 Å². The second-order valence-electron chi connectivity index (χ2n) is 9.13. The minimum absolute atomic E-state index is 0.0110. The smallest absolute Gasteiger partial charge is 0.366 e. The van der Waals surface area contributed by atoms with Crippen molar-refractivity contribution in [3.05, 3.63) is 69.7 Å². The maximum atomic E-state index is 13.2. The van der Waals surface area contributed by atoms with E-state index in [4.69, 9.17) is 14.2 Å². The Morgan fingerprint density at radius 1 is 0.769 bits per heavy atom. The zero-order valence-corrected chi connectivity index (χ0v) is 24.2. The normalized spacial score (nSPS) is 11.0. The van der Waals surface area contributed by atoms with Gasteiger partial charge in [0.2, 0.25) is 0 Å². The fourth-order valence-corrected chi connectivity index (χ4v) is 5.66. The number of hydrogen-bond donors (Lipinski definition) is 2. The van der Waals surface area contributed by atoms with E-state index in [-0.39, 0.29) is 23.2 Å². The Hall–Kier alpha value is -3.96. The van der Waals surface area contributed by atoms with Crippen molar-refractivity contribution in [2.24, 2.45) is 0 Å². The van der Waals surface area contributed by atoms with E-state index in [2.05, 4.69) is 20.6 Å². The summed E-state index contributed by atoms with van der Waals surface area (Å²) >= 11 is 2.66. The van der Waals surface area contributed by atoms with Crippen LogP contribution in [0.15, 0.2) is 48.5 Å². The Bertz CT molecular complexity index is 1480. The quantitative estimate of drug-likeness (QED) is 0.150. The summed E-state index contributed by atoms with van der Waals surface area (Å²) in [5, 5.41) is 7.39. The summed E-state index contributed by atoms with van der Waals surface area (Å²) in [4.78, 5) is 36.7. The Kier molecular flexibility index (Phi) is 8.82. The summed E-state index contributed by atoms with van der Waals surface area (Å²) in [6.45, 7) is 7.81. The van der Waals surface area contributed by atoms with E-state index < -0.39 is 11.9 Å². The van der Waals surface area contributed by atoms with Crippen LogP contribution >= 0.6 is 22.7 Å². The molecule has 0 radical (unpaired) electrons. The van der Waals surface area contributed by atoms with Crippen LogP contribution in [0, 0.1) is 0 Å². The van der Waals surface area contributed by atoms with Crippen molar-refractivity contribution in [1.29, 1.82) is 0 Å². The minimum atomic E-state index is -0.821. The summed E-state index contributed by atoms with van der Waals surface area (Å²) in [5.41, 5.74) is 1.66. The molecule has 11 heteroatoms. The molecule has 2 aromatic carbocycles. The number of carbonyl (C=O) groups is 2. The summed E-state index contributed by atoms with van der Waals surface area (Å²) in [6, 6.07) is 14.8. The van der Waals surface area contributed by atoms with Crippen molar-refractivity contribution < 1.29 is 23.8 Å². The zero-order valence-electron chi connectivity index (χ0n) is 22.5. The van der Waals surface area contributed by atoms with Gasteiger partial charge in [-0.3, -0.25) is 0 Å². The standard InChI is InChI=1S/C28H30N4O5S2/c1-15(2)23-21(31-27(38-23)29-17-10-9-11-18(14-17)35-5)25(33)37-26(34)22-24(16(3)4)39-28(32-22)30-19-12-7-8-13-20(19)36-6/h7-16H,1-6H3,(H,29,31)(H,30,32). The highest BCUT2D eigenvalue weighted by molar-refractivity contribution is 7.16. The third-order valence-corrected chi connectivity index (χ3v) is 8.14. The molecule has 0 saturated heterocycles. The van der Waals surface area contributed by atoms with Gasteiger partial charge in [-0.15, -0.1) is 22.7 Å². The van der Waals surface area contributed by atoms with Gasteiger partial charge in [0.1, 0.15) is 11.5 Å². The molecule has 0 amide bonds. The number of rotatable bonds is 10. The zero-order chi connectivity index (χ0) is 28.1. The number of nitrogens with one attached hydrogen (secondary N) is 2. The fourth-order valence-electron chi connectivity index (χ4n) is 3.71. The molecule has 2 heterocycles. The van der Waals surface area contributed by atoms with E-state index in [1.807, 2.05) is 76.2 Å². The minimum Gasteiger partial charge on any atom is -0.497 e. The van der Waals surface area contributed by atoms with Crippen molar-refractivity contribution in [1.82, 2.24) is 9.97 Å². The van der Waals surface area contributed by atoms with Crippen LogP contribution < -0.4 is 20.1 Å². The van der Waals surface area contributed by atoms with Gasteiger partial charge in [0.15, 0.2) is 21.7 Å². The molecular formula is C28H30N4O5S2. The van der Waals surface area contributed by atoms with Gasteiger partial charge in [0.05, 0.1) is 19.9 Å². The summed E-state index contributed by atoms with van der Waals surface area (Å²) in [5.74, 6) is -0.338. The Morgan fingerprint density at radius 3 is 1.92 bits per heavy atom. The van der Waals surface area contributed by atoms with E-state index in [0.29, 0.717) is 37.2 Å². The Balaban J connectivity index is 1.56. The molecule has 4 rings (SSSR count). The van der Waals surface area contributed by atoms with Gasteiger partial charge in [0.25, 0.3) is 0 Å². The number of ether oxygens (including phenoxy) is 3. The van der Waals surface area contributed by atoms with Gasteiger partial charge < -0.3 is 24.8 Å². The maximum Gasteiger partial charge on any atom is 0.366 e. The third kappa shape index (κ3) is 6.55. The molecule has 9 nitrogen and oxygen atoms in total. The molecule has 0 atom stereocenters. The van der Waals surface area contributed by atoms with Gasteiger partial charge in [-0.2, -0.15) is 0 Å². The second kappa shape index (κ2) is 12.3. The van der Waals surface area contributed by atoms with Gasteiger partial charge >= 0.3 is 11.9 Å². The fraction of sp³-hybridized carbons (Fsp3) is 0.286. The number of methoxy groups -OCH3 is 2. The van der Waals surface area contributed by atoms with Crippen molar-refractivity contribution in [2.45, 2.75) is 39.5 Å². The molecule has 0 spiro atoms. The largest absolute Gasteiger partial charge is 0.497 e. The van der Waals surface area contributed by atoms with Crippen molar-refractivity contribution in [2.75, 3.05) is 24.9 Å². The number of para-hydroxylation sites is 2. The SMILES string of the molecule is COc1cccc(Nc2nc(C(=O)OC(=O)c3nc(Nc4ccccc4OC)sc3C(C)C)c(C(C)C)s2)c1. The molecule has 0 aliphatic heterocycles. The highest BCUT2D eigenvalue weighted by Crippen LogP contribution is 2.36. The van der Waals surface area contributed by atoms with Gasteiger partial charge in [0, 0.05) is 21.5 Å². The van der Waals surface area contributed by atoms with Gasteiger partial charge in [-0.1, -0.05) is 45.9 Å². The van der Waals surface area contributed by atoms with Crippen LogP contribution in [-0.2, 0) is 4.74 Å². The maximum absolute atomic E-state index is 13.2. The van der Waals surface area contributed by atoms with Crippen LogP contribution in [-0.4, -0.2) is 36.1 Å². The molecule has 0 unspecified atom stereocenters. The molecule has 2 N–H and O–H groups in total. The topological polar surface area (TPSA) is 112 Å². The van der Waals surface area contributed by atoms with Crippen LogP contribution in [0.25, 0.3) is 0 Å². The van der Waals surface area contributed by atoms with E-state index in [1.165, 1.54) is 22.7 Å². The predicted octanol–water partition coefficient (Wildman–Crippen LogP) is 7.35. The summed E-state index contributed by atoms with van der Waals surface area (Å²) < 4.78 is 16.0. The molecule has 39 heavy (non-hydrogen) atoms. The first kappa shape index (κ1) is 28.1. The van der Waals surface area contributed by atoms with Gasteiger partial charge in [-0.05, 0) is 36.1 Å². The highest BCUT2D eigenvalue weighted by atomic mass is 32.1. The van der Waals surface area contributed by atoms with E-state index >= 15 is 0 Å². The van der Waals surface area contributed by atoms with Crippen molar-refractivity contribution >= 4 is 56.3 Å². The number of nitrogens with zero attached hydrogens (tertiary/aromatic N) is 2. The molecular weight excluding hydrogens is 536 g/mol. The van der Waals surface area contributed by atoms with Crippen LogP contribution in [0.4, 0.5) is 21.6 Å². The monoisotopic (exact) mass is 566 g/mol. The van der Waals surface area contributed by atoms with Crippen LogP contribution in [0.1, 0.15) is 70.3 Å². The Labute approximate surface area is 235 Å². The van der Waals surface area contributed by atoms with Crippen molar-refractivity contribution in [3.63, 3.8) is 0 Å². The number of anilines is 4.